The van der Waals surface area contributed by atoms with Crippen molar-refractivity contribution in [3.8, 4) is 0 Å². The number of carboxylic acid groups (broad SMARTS) is 1. The molecule has 0 radical (unpaired) electrons. The summed E-state index contributed by atoms with van der Waals surface area (Å²) in [5.41, 5.74) is 1.40. The van der Waals surface area contributed by atoms with E-state index in [1.165, 1.54) is 4.90 Å². The Morgan fingerprint density at radius 2 is 2.00 bits per heavy atom. The molecule has 0 fully saturated rings. The molecular formula is C13H16ClNO3. The van der Waals surface area contributed by atoms with Gasteiger partial charge >= 0.3 is 5.97 Å². The number of aliphatic carboxylic acids is 1. The fourth-order valence-electron chi connectivity index (χ4n) is 1.68. The lowest BCUT2D eigenvalue weighted by Crippen LogP contribution is -2.32. The summed E-state index contributed by atoms with van der Waals surface area (Å²) in [6.45, 7) is 4.35. The maximum Gasteiger partial charge on any atom is 0.305 e. The van der Waals surface area contributed by atoms with Gasteiger partial charge < -0.3 is 10.0 Å². The number of carboxylic acids is 1. The molecule has 0 saturated carbocycles. The molecule has 0 unspecified atom stereocenters. The van der Waals surface area contributed by atoms with Crippen LogP contribution in [-0.2, 0) is 4.79 Å². The Bertz CT molecular complexity index is 439. The van der Waals surface area contributed by atoms with Crippen molar-refractivity contribution in [1.29, 1.82) is 0 Å². The second-order valence-electron chi connectivity index (χ2n) is 4.05. The topological polar surface area (TPSA) is 57.6 Å². The highest BCUT2D eigenvalue weighted by molar-refractivity contribution is 6.31. The van der Waals surface area contributed by atoms with E-state index in [0.717, 1.165) is 5.56 Å². The van der Waals surface area contributed by atoms with Crippen molar-refractivity contribution in [3.63, 3.8) is 0 Å². The number of rotatable bonds is 5. The van der Waals surface area contributed by atoms with Crippen LogP contribution in [0.2, 0.25) is 5.02 Å². The van der Waals surface area contributed by atoms with Gasteiger partial charge in [-0.2, -0.15) is 0 Å². The number of carbonyl (C=O) groups excluding carboxylic acids is 1. The highest BCUT2D eigenvalue weighted by Crippen LogP contribution is 2.16. The molecule has 0 heterocycles. The van der Waals surface area contributed by atoms with Crippen LogP contribution in [0.5, 0.6) is 0 Å². The predicted molar refractivity (Wildman–Crippen MR) is 70.0 cm³/mol. The van der Waals surface area contributed by atoms with Crippen LogP contribution < -0.4 is 0 Å². The number of hydrogen-bond donors (Lipinski definition) is 1. The maximum atomic E-state index is 12.2. The van der Waals surface area contributed by atoms with Crippen molar-refractivity contribution in [3.05, 3.63) is 34.3 Å². The molecule has 1 aromatic rings. The molecule has 0 aliphatic heterocycles. The van der Waals surface area contributed by atoms with Crippen LogP contribution in [0.1, 0.15) is 29.3 Å². The quantitative estimate of drug-likeness (QED) is 0.894. The van der Waals surface area contributed by atoms with Crippen LogP contribution in [-0.4, -0.2) is 35.0 Å². The van der Waals surface area contributed by atoms with E-state index in [1.807, 2.05) is 13.8 Å². The number of carbonyl (C=O) groups is 2. The van der Waals surface area contributed by atoms with Crippen molar-refractivity contribution in [1.82, 2.24) is 4.90 Å². The summed E-state index contributed by atoms with van der Waals surface area (Å²) in [5, 5.41) is 9.15. The zero-order valence-corrected chi connectivity index (χ0v) is 11.2. The molecule has 5 heteroatoms. The summed E-state index contributed by atoms with van der Waals surface area (Å²) in [6.07, 6.45) is -0.0564. The molecule has 18 heavy (non-hydrogen) atoms. The number of amides is 1. The Labute approximate surface area is 111 Å². The number of nitrogens with zero attached hydrogens (tertiary/aromatic N) is 1. The summed E-state index contributed by atoms with van der Waals surface area (Å²) < 4.78 is 0. The van der Waals surface area contributed by atoms with Crippen LogP contribution in [0.15, 0.2) is 18.2 Å². The Kier molecular flexibility index (Phi) is 5.16. The van der Waals surface area contributed by atoms with Gasteiger partial charge in [0.05, 0.1) is 6.42 Å². The van der Waals surface area contributed by atoms with Gasteiger partial charge in [-0.05, 0) is 37.6 Å². The van der Waals surface area contributed by atoms with Gasteiger partial charge in [0, 0.05) is 23.7 Å². The van der Waals surface area contributed by atoms with E-state index in [2.05, 4.69) is 0 Å². The van der Waals surface area contributed by atoms with Crippen LogP contribution >= 0.6 is 11.6 Å². The Morgan fingerprint density at radius 1 is 1.33 bits per heavy atom. The largest absolute Gasteiger partial charge is 0.481 e. The predicted octanol–water partition coefficient (Wildman–Crippen LogP) is 2.59. The summed E-state index contributed by atoms with van der Waals surface area (Å²) >= 11 is 5.90. The molecule has 4 nitrogen and oxygen atoms in total. The number of benzene rings is 1. The van der Waals surface area contributed by atoms with Gasteiger partial charge in [-0.3, -0.25) is 9.59 Å². The normalized spacial score (nSPS) is 10.2. The molecule has 0 aliphatic rings. The molecule has 0 atom stereocenters. The second-order valence-corrected chi connectivity index (χ2v) is 4.48. The lowest BCUT2D eigenvalue weighted by Gasteiger charge is -2.20. The average molecular weight is 270 g/mol. The van der Waals surface area contributed by atoms with Gasteiger partial charge in [0.2, 0.25) is 0 Å². The van der Waals surface area contributed by atoms with Crippen molar-refractivity contribution < 1.29 is 14.7 Å². The molecule has 1 amide bonds. The monoisotopic (exact) mass is 269 g/mol. The molecule has 0 bridgehead atoms. The first-order valence-corrected chi connectivity index (χ1v) is 6.10. The van der Waals surface area contributed by atoms with Gasteiger partial charge in [-0.1, -0.05) is 11.6 Å². The van der Waals surface area contributed by atoms with Crippen LogP contribution in [0, 0.1) is 6.92 Å². The van der Waals surface area contributed by atoms with Gasteiger partial charge in [0.15, 0.2) is 0 Å². The van der Waals surface area contributed by atoms with Crippen molar-refractivity contribution in [2.75, 3.05) is 13.1 Å². The van der Waals surface area contributed by atoms with Crippen LogP contribution in [0.3, 0.4) is 0 Å². The zero-order chi connectivity index (χ0) is 13.7. The van der Waals surface area contributed by atoms with Crippen molar-refractivity contribution >= 4 is 23.5 Å². The minimum absolute atomic E-state index is 0.0564. The Hall–Kier alpha value is -1.55. The molecule has 98 valence electrons. The fourth-order valence-corrected chi connectivity index (χ4v) is 1.97. The minimum atomic E-state index is -0.913. The van der Waals surface area contributed by atoms with E-state index in [4.69, 9.17) is 16.7 Å². The standard InChI is InChI=1S/C13H16ClNO3/c1-3-15(5-4-12(16)17)13(18)10-6-9(2)7-11(14)8-10/h6-8H,3-5H2,1-2H3,(H,16,17). The van der Waals surface area contributed by atoms with E-state index in [9.17, 15) is 9.59 Å². The van der Waals surface area contributed by atoms with Gasteiger partial charge in [-0.15, -0.1) is 0 Å². The summed E-state index contributed by atoms with van der Waals surface area (Å²) in [6, 6.07) is 5.11. The van der Waals surface area contributed by atoms with E-state index in [1.54, 1.807) is 18.2 Å². The fraction of sp³-hybridized carbons (Fsp3) is 0.385. The third-order valence-electron chi connectivity index (χ3n) is 2.55. The molecular weight excluding hydrogens is 254 g/mol. The number of aryl methyl sites for hydroxylation is 1. The molecule has 0 spiro atoms. The van der Waals surface area contributed by atoms with E-state index in [0.29, 0.717) is 17.1 Å². The molecule has 1 N–H and O–H groups in total. The van der Waals surface area contributed by atoms with Crippen molar-refractivity contribution in [2.45, 2.75) is 20.3 Å². The van der Waals surface area contributed by atoms with E-state index in [-0.39, 0.29) is 18.9 Å². The molecule has 1 aromatic carbocycles. The summed E-state index contributed by atoms with van der Waals surface area (Å²) in [4.78, 5) is 24.2. The van der Waals surface area contributed by atoms with Gasteiger partial charge in [0.25, 0.3) is 5.91 Å². The molecule has 1 rings (SSSR count). The lowest BCUT2D eigenvalue weighted by molar-refractivity contribution is -0.137. The smallest absolute Gasteiger partial charge is 0.305 e. The minimum Gasteiger partial charge on any atom is -0.481 e. The van der Waals surface area contributed by atoms with Crippen LogP contribution in [0.4, 0.5) is 0 Å². The Morgan fingerprint density at radius 3 is 2.50 bits per heavy atom. The number of hydrogen-bond acceptors (Lipinski definition) is 2. The summed E-state index contributed by atoms with van der Waals surface area (Å²) in [7, 11) is 0. The third-order valence-corrected chi connectivity index (χ3v) is 2.77. The molecule has 0 aromatic heterocycles. The first-order valence-electron chi connectivity index (χ1n) is 5.72. The third kappa shape index (κ3) is 4.04. The van der Waals surface area contributed by atoms with Gasteiger partial charge in [-0.25, -0.2) is 0 Å². The van der Waals surface area contributed by atoms with E-state index < -0.39 is 5.97 Å². The zero-order valence-electron chi connectivity index (χ0n) is 10.4. The SMILES string of the molecule is CCN(CCC(=O)O)C(=O)c1cc(C)cc(Cl)c1. The van der Waals surface area contributed by atoms with Crippen LogP contribution in [0.25, 0.3) is 0 Å². The molecule has 0 aliphatic carbocycles. The van der Waals surface area contributed by atoms with Gasteiger partial charge in [0.1, 0.15) is 0 Å². The average Bonchev–Trinajstić information content (AvgIpc) is 2.27. The van der Waals surface area contributed by atoms with E-state index >= 15 is 0 Å². The summed E-state index contributed by atoms with van der Waals surface area (Å²) in [5.74, 6) is -1.10. The highest BCUT2D eigenvalue weighted by atomic mass is 35.5. The van der Waals surface area contributed by atoms with Crippen molar-refractivity contribution in [2.24, 2.45) is 0 Å². The first-order chi connectivity index (χ1) is 8.43. The number of halogens is 1. The first kappa shape index (κ1) is 14.5. The molecule has 0 saturated heterocycles. The second kappa shape index (κ2) is 6.40. The lowest BCUT2D eigenvalue weighted by atomic mass is 10.1. The Balaban J connectivity index is 2.85. The maximum absolute atomic E-state index is 12.2. The highest BCUT2D eigenvalue weighted by Gasteiger charge is 2.15.